The van der Waals surface area contributed by atoms with Crippen molar-refractivity contribution in [3.63, 3.8) is 0 Å². The van der Waals surface area contributed by atoms with Crippen LogP contribution in [0.3, 0.4) is 0 Å². The highest BCUT2D eigenvalue weighted by molar-refractivity contribution is 7.89. The number of piperidine rings is 2. The van der Waals surface area contributed by atoms with Crippen molar-refractivity contribution in [1.29, 1.82) is 0 Å². The third kappa shape index (κ3) is 6.66. The SMILES string of the molecule is CN1CCC[C@@H](COc2ccc(S(=O)(=O)N3CCC(Nc4nc(N)c(C(=O)c5c(F)cccc5F)s4)CC3)cn2)C1. The normalized spacial score (nSPS) is 19.2. The zero-order valence-electron chi connectivity index (χ0n) is 22.6. The summed E-state index contributed by atoms with van der Waals surface area (Å²) in [7, 11) is -1.65. The van der Waals surface area contributed by atoms with Crippen molar-refractivity contribution in [2.45, 2.75) is 36.6 Å². The predicted octanol–water partition coefficient (Wildman–Crippen LogP) is 3.62. The van der Waals surface area contributed by atoms with Crippen LogP contribution in [-0.4, -0.2) is 79.2 Å². The Morgan fingerprint density at radius 3 is 2.54 bits per heavy atom. The van der Waals surface area contributed by atoms with Gasteiger partial charge < -0.3 is 20.7 Å². The minimum Gasteiger partial charge on any atom is -0.477 e. The number of carbonyl (C=O) groups is 1. The van der Waals surface area contributed by atoms with Gasteiger partial charge in [0.2, 0.25) is 21.7 Å². The molecule has 2 saturated heterocycles. The molecule has 41 heavy (non-hydrogen) atoms. The number of hydrogen-bond acceptors (Lipinski definition) is 10. The van der Waals surface area contributed by atoms with Crippen LogP contribution in [-0.2, 0) is 10.0 Å². The molecule has 5 rings (SSSR count). The first-order chi connectivity index (χ1) is 19.6. The quantitative estimate of drug-likeness (QED) is 0.351. The van der Waals surface area contributed by atoms with E-state index in [1.807, 2.05) is 0 Å². The number of nitrogens with zero attached hydrogens (tertiary/aromatic N) is 4. The van der Waals surface area contributed by atoms with Gasteiger partial charge in [0.1, 0.15) is 27.2 Å². The Bertz CT molecular complexity index is 1470. The second kappa shape index (κ2) is 12.3. The summed E-state index contributed by atoms with van der Waals surface area (Å²) in [6, 6.07) is 6.16. The molecule has 0 bridgehead atoms. The lowest BCUT2D eigenvalue weighted by Crippen LogP contribution is -2.42. The number of halogens is 2. The Labute approximate surface area is 241 Å². The minimum absolute atomic E-state index is 0.0671. The molecule has 0 radical (unpaired) electrons. The first-order valence-electron chi connectivity index (χ1n) is 13.4. The molecule has 0 spiro atoms. The lowest BCUT2D eigenvalue weighted by Gasteiger charge is -2.31. The average molecular weight is 607 g/mol. The number of nitrogen functional groups attached to an aromatic ring is 1. The van der Waals surface area contributed by atoms with E-state index in [1.165, 1.54) is 22.6 Å². The maximum Gasteiger partial charge on any atom is 0.244 e. The average Bonchev–Trinajstić information content (AvgIpc) is 3.32. The van der Waals surface area contributed by atoms with Gasteiger partial charge in [-0.2, -0.15) is 4.31 Å². The number of hydrogen-bond donors (Lipinski definition) is 2. The lowest BCUT2D eigenvalue weighted by molar-refractivity contribution is 0.103. The van der Waals surface area contributed by atoms with Gasteiger partial charge in [-0.1, -0.05) is 17.4 Å². The number of sulfonamides is 1. The van der Waals surface area contributed by atoms with E-state index < -0.39 is 33.0 Å². The summed E-state index contributed by atoms with van der Waals surface area (Å²) < 4.78 is 61.8. The molecule has 2 aromatic heterocycles. The number of pyridine rings is 1. The predicted molar refractivity (Wildman–Crippen MR) is 152 cm³/mol. The molecular weight excluding hydrogens is 574 g/mol. The van der Waals surface area contributed by atoms with Crippen LogP contribution < -0.4 is 15.8 Å². The summed E-state index contributed by atoms with van der Waals surface area (Å²) in [5.74, 6) is -2.13. The number of nitrogens with one attached hydrogen (secondary N) is 1. The Balaban J connectivity index is 1.15. The van der Waals surface area contributed by atoms with Gasteiger partial charge in [0.05, 0.1) is 18.4 Å². The van der Waals surface area contributed by atoms with Crippen LogP contribution in [0.15, 0.2) is 41.4 Å². The van der Waals surface area contributed by atoms with Crippen LogP contribution >= 0.6 is 11.3 Å². The molecule has 0 unspecified atom stereocenters. The van der Waals surface area contributed by atoms with Gasteiger partial charge in [0.25, 0.3) is 0 Å². The molecule has 3 aromatic rings. The topological polar surface area (TPSA) is 131 Å². The molecule has 4 heterocycles. The molecule has 14 heteroatoms. The number of anilines is 2. The highest BCUT2D eigenvalue weighted by Crippen LogP contribution is 2.31. The van der Waals surface area contributed by atoms with Gasteiger partial charge >= 0.3 is 0 Å². The molecule has 2 aliphatic heterocycles. The van der Waals surface area contributed by atoms with Crippen LogP contribution in [0.1, 0.15) is 40.9 Å². The first-order valence-corrected chi connectivity index (χ1v) is 15.7. The standard InChI is InChI=1S/C27H32F2N6O4S2/c1-34-11-3-4-17(15-34)16-39-22-8-7-19(14-31-22)41(37,38)35-12-9-18(10-13-35)32-27-33-26(30)25(40-27)24(36)23-20(28)5-2-6-21(23)29/h2,5-8,14,17-18H,3-4,9-13,15-16,30H2,1H3,(H,32,33)/t17-/m1/s1. The van der Waals surface area contributed by atoms with E-state index in [1.54, 1.807) is 6.07 Å². The number of rotatable bonds is 9. The van der Waals surface area contributed by atoms with E-state index in [0.717, 1.165) is 49.4 Å². The summed E-state index contributed by atoms with van der Waals surface area (Å²) in [6.07, 6.45) is 4.53. The molecular formula is C27H32F2N6O4S2. The largest absolute Gasteiger partial charge is 0.477 e. The zero-order valence-corrected chi connectivity index (χ0v) is 24.2. The monoisotopic (exact) mass is 606 g/mol. The van der Waals surface area contributed by atoms with Gasteiger partial charge in [0, 0.05) is 37.7 Å². The number of carbonyl (C=O) groups excluding carboxylic acids is 1. The Morgan fingerprint density at radius 2 is 1.88 bits per heavy atom. The van der Waals surface area contributed by atoms with Crippen molar-refractivity contribution in [3.05, 3.63) is 58.6 Å². The zero-order chi connectivity index (χ0) is 29.1. The van der Waals surface area contributed by atoms with Crippen LogP contribution in [0, 0.1) is 17.6 Å². The van der Waals surface area contributed by atoms with Gasteiger partial charge in [0.15, 0.2) is 5.13 Å². The number of ketones is 1. The van der Waals surface area contributed by atoms with Crippen molar-refractivity contribution >= 4 is 38.1 Å². The van der Waals surface area contributed by atoms with Gasteiger partial charge in [-0.05, 0) is 57.5 Å². The molecule has 3 N–H and O–H groups in total. The second-order valence-corrected chi connectivity index (χ2v) is 13.3. The maximum atomic E-state index is 14.1. The Morgan fingerprint density at radius 1 is 1.15 bits per heavy atom. The van der Waals surface area contributed by atoms with E-state index in [0.29, 0.717) is 36.4 Å². The number of aromatic nitrogens is 2. The number of ether oxygens (including phenoxy) is 1. The van der Waals surface area contributed by atoms with Crippen molar-refractivity contribution in [3.8, 4) is 5.88 Å². The summed E-state index contributed by atoms with van der Waals surface area (Å²) in [5.41, 5.74) is 5.21. The van der Waals surface area contributed by atoms with Gasteiger partial charge in [-0.15, -0.1) is 0 Å². The van der Waals surface area contributed by atoms with Crippen molar-refractivity contribution in [2.24, 2.45) is 5.92 Å². The summed E-state index contributed by atoms with van der Waals surface area (Å²) >= 11 is 0.907. The highest BCUT2D eigenvalue weighted by Gasteiger charge is 2.31. The van der Waals surface area contributed by atoms with Crippen molar-refractivity contribution < 1.29 is 26.7 Å². The second-order valence-electron chi connectivity index (χ2n) is 10.4. The van der Waals surface area contributed by atoms with E-state index in [4.69, 9.17) is 10.5 Å². The lowest BCUT2D eigenvalue weighted by atomic mass is 10.00. The van der Waals surface area contributed by atoms with Crippen molar-refractivity contribution in [1.82, 2.24) is 19.2 Å². The minimum atomic E-state index is -3.74. The Hall–Kier alpha value is -3.20. The van der Waals surface area contributed by atoms with E-state index in [9.17, 15) is 22.0 Å². The molecule has 1 atom stereocenters. The fraction of sp³-hybridized carbons (Fsp3) is 0.444. The molecule has 2 aliphatic rings. The van der Waals surface area contributed by atoms with E-state index in [2.05, 4.69) is 27.2 Å². The van der Waals surface area contributed by atoms with Gasteiger partial charge in [-0.25, -0.2) is 27.2 Å². The summed E-state index contributed by atoms with van der Waals surface area (Å²) in [6.45, 7) is 3.14. The smallest absolute Gasteiger partial charge is 0.244 e. The van der Waals surface area contributed by atoms with Crippen LogP contribution in [0.4, 0.5) is 19.7 Å². The van der Waals surface area contributed by atoms with E-state index in [-0.39, 0.29) is 34.7 Å². The molecule has 2 fully saturated rings. The summed E-state index contributed by atoms with van der Waals surface area (Å²) in [4.78, 5) is 23.4. The number of thiazole rings is 1. The third-order valence-corrected chi connectivity index (χ3v) is 10.3. The number of likely N-dealkylation sites (tertiary alicyclic amines) is 1. The van der Waals surface area contributed by atoms with Crippen LogP contribution in [0.2, 0.25) is 0 Å². The molecule has 0 aliphatic carbocycles. The Kier molecular flexibility index (Phi) is 8.82. The summed E-state index contributed by atoms with van der Waals surface area (Å²) in [5, 5.41) is 3.50. The fourth-order valence-corrected chi connectivity index (χ4v) is 7.49. The van der Waals surface area contributed by atoms with Crippen LogP contribution in [0.5, 0.6) is 5.88 Å². The maximum absolute atomic E-state index is 14.1. The fourth-order valence-electron chi connectivity index (χ4n) is 5.17. The van der Waals surface area contributed by atoms with Gasteiger partial charge in [-0.3, -0.25) is 4.79 Å². The third-order valence-electron chi connectivity index (χ3n) is 7.37. The number of nitrogens with two attached hydrogens (primary N) is 1. The molecule has 1 aromatic carbocycles. The van der Waals surface area contributed by atoms with Crippen molar-refractivity contribution in [2.75, 3.05) is 50.9 Å². The molecule has 0 amide bonds. The number of benzene rings is 1. The molecule has 220 valence electrons. The highest BCUT2D eigenvalue weighted by atomic mass is 32.2. The van der Waals surface area contributed by atoms with E-state index >= 15 is 0 Å². The first kappa shape index (κ1) is 29.3. The molecule has 0 saturated carbocycles. The molecule has 10 nitrogen and oxygen atoms in total. The van der Waals surface area contributed by atoms with Crippen LogP contribution in [0.25, 0.3) is 0 Å².